The second kappa shape index (κ2) is 9.23. The van der Waals surface area contributed by atoms with Gasteiger partial charge in [0.2, 0.25) is 5.91 Å². The summed E-state index contributed by atoms with van der Waals surface area (Å²) in [6.07, 6.45) is 4.16. The highest BCUT2D eigenvalue weighted by Gasteiger charge is 2.47. The Labute approximate surface area is 191 Å². The number of nitrogens with one attached hydrogen (secondary N) is 2. The first-order chi connectivity index (χ1) is 15.9. The van der Waals surface area contributed by atoms with Crippen LogP contribution >= 0.6 is 0 Å². The minimum Gasteiger partial charge on any atom is -0.348 e. The van der Waals surface area contributed by atoms with Crippen molar-refractivity contribution in [3.05, 3.63) is 78.4 Å². The molecule has 9 nitrogen and oxygen atoms in total. The van der Waals surface area contributed by atoms with E-state index in [-0.39, 0.29) is 18.5 Å². The third kappa shape index (κ3) is 4.92. The Morgan fingerprint density at radius 2 is 1.85 bits per heavy atom. The van der Waals surface area contributed by atoms with Crippen LogP contribution in [0.1, 0.15) is 37.4 Å². The maximum absolute atomic E-state index is 12.9. The molecule has 3 aromatic rings. The van der Waals surface area contributed by atoms with Gasteiger partial charge in [0, 0.05) is 0 Å². The van der Waals surface area contributed by atoms with E-state index in [1.165, 1.54) is 6.33 Å². The van der Waals surface area contributed by atoms with Gasteiger partial charge in [0.25, 0.3) is 5.91 Å². The van der Waals surface area contributed by atoms with Crippen LogP contribution in [0.25, 0.3) is 5.69 Å². The number of hydrogen-bond donors (Lipinski definition) is 2. The number of aromatic nitrogens is 3. The highest BCUT2D eigenvalue weighted by molar-refractivity contribution is 6.08. The molecule has 2 atom stereocenters. The van der Waals surface area contributed by atoms with Gasteiger partial charge in [-0.05, 0) is 49.9 Å². The summed E-state index contributed by atoms with van der Waals surface area (Å²) >= 11 is 0. The van der Waals surface area contributed by atoms with Crippen LogP contribution in [0.2, 0.25) is 0 Å². The molecule has 1 saturated heterocycles. The second-order valence-corrected chi connectivity index (χ2v) is 8.36. The van der Waals surface area contributed by atoms with Gasteiger partial charge in [-0.3, -0.25) is 14.5 Å². The molecule has 2 heterocycles. The molecule has 0 aliphatic carbocycles. The summed E-state index contributed by atoms with van der Waals surface area (Å²) in [4.78, 5) is 42.9. The van der Waals surface area contributed by atoms with Gasteiger partial charge in [0.1, 0.15) is 24.7 Å². The summed E-state index contributed by atoms with van der Waals surface area (Å²) in [6, 6.07) is 16.4. The molecule has 1 aliphatic rings. The van der Waals surface area contributed by atoms with Crippen LogP contribution in [0.3, 0.4) is 0 Å². The predicted molar refractivity (Wildman–Crippen MR) is 121 cm³/mol. The molecule has 1 aliphatic heterocycles. The average molecular weight is 447 g/mol. The summed E-state index contributed by atoms with van der Waals surface area (Å²) in [7, 11) is 0. The lowest BCUT2D eigenvalue weighted by molar-refractivity contribution is -0.134. The van der Waals surface area contributed by atoms with Crippen LogP contribution in [0.5, 0.6) is 0 Å². The number of benzene rings is 2. The van der Waals surface area contributed by atoms with Crippen LogP contribution in [0.4, 0.5) is 4.79 Å². The summed E-state index contributed by atoms with van der Waals surface area (Å²) in [5.74, 6) is -0.790. The summed E-state index contributed by atoms with van der Waals surface area (Å²) in [6.45, 7) is 3.22. The highest BCUT2D eigenvalue weighted by atomic mass is 16.2. The smallest absolute Gasteiger partial charge is 0.325 e. The Balaban J connectivity index is 1.33. The maximum Gasteiger partial charge on any atom is 0.325 e. The van der Waals surface area contributed by atoms with Gasteiger partial charge in [-0.25, -0.2) is 14.5 Å². The molecule has 0 unspecified atom stereocenters. The van der Waals surface area contributed by atoms with Crippen molar-refractivity contribution in [3.63, 3.8) is 0 Å². The third-order valence-electron chi connectivity index (χ3n) is 5.86. The zero-order chi connectivity index (χ0) is 23.4. The molecular weight excluding hydrogens is 420 g/mol. The fourth-order valence-corrected chi connectivity index (χ4v) is 3.87. The quantitative estimate of drug-likeness (QED) is 0.517. The molecular formula is C24H26N6O3. The summed E-state index contributed by atoms with van der Waals surface area (Å²) in [5, 5.41) is 9.69. The number of urea groups is 1. The fraction of sp³-hybridized carbons (Fsp3) is 0.292. The highest BCUT2D eigenvalue weighted by Crippen LogP contribution is 2.23. The van der Waals surface area contributed by atoms with E-state index in [1.807, 2.05) is 61.5 Å². The van der Waals surface area contributed by atoms with Crippen molar-refractivity contribution in [3.8, 4) is 5.69 Å². The standard InChI is InChI=1S/C24H26N6O3/c1-17(19-8-10-20(11-9-19)30-16-25-15-26-30)27-21(31)14-29-22(32)24(2,28-23(29)33)13-12-18-6-4-3-5-7-18/h3-11,15-17H,12-14H2,1-2H3,(H,27,31)(H,28,33)/t17-,24+/m0/s1. The Morgan fingerprint density at radius 3 is 2.52 bits per heavy atom. The van der Waals surface area contributed by atoms with Gasteiger partial charge in [-0.15, -0.1) is 0 Å². The Bertz CT molecular complexity index is 1130. The zero-order valence-electron chi connectivity index (χ0n) is 18.6. The molecule has 1 fully saturated rings. The number of rotatable bonds is 8. The van der Waals surface area contributed by atoms with Crippen LogP contribution in [-0.2, 0) is 16.0 Å². The number of amides is 4. The van der Waals surface area contributed by atoms with Crippen LogP contribution in [-0.4, -0.2) is 49.6 Å². The third-order valence-corrected chi connectivity index (χ3v) is 5.86. The van der Waals surface area contributed by atoms with Crippen molar-refractivity contribution in [2.75, 3.05) is 6.54 Å². The van der Waals surface area contributed by atoms with Gasteiger partial charge in [0.05, 0.1) is 11.7 Å². The molecule has 2 N–H and O–H groups in total. The largest absolute Gasteiger partial charge is 0.348 e. The number of aryl methyl sites for hydroxylation is 1. The van der Waals surface area contributed by atoms with Crippen molar-refractivity contribution in [2.45, 2.75) is 38.3 Å². The number of carbonyl (C=O) groups is 3. The Hall–Kier alpha value is -4.01. The Kier molecular flexibility index (Phi) is 6.21. The lowest BCUT2D eigenvalue weighted by Crippen LogP contribution is -2.45. The summed E-state index contributed by atoms with van der Waals surface area (Å²) in [5.41, 5.74) is 1.79. The lowest BCUT2D eigenvalue weighted by atomic mass is 9.93. The minimum absolute atomic E-state index is 0.299. The lowest BCUT2D eigenvalue weighted by Gasteiger charge is -2.22. The monoisotopic (exact) mass is 446 g/mol. The van der Waals surface area contributed by atoms with E-state index in [0.717, 1.165) is 21.7 Å². The van der Waals surface area contributed by atoms with Crippen LogP contribution in [0.15, 0.2) is 67.3 Å². The van der Waals surface area contributed by atoms with E-state index in [4.69, 9.17) is 0 Å². The first kappa shape index (κ1) is 22.2. The molecule has 0 spiro atoms. The van der Waals surface area contributed by atoms with Crippen molar-refractivity contribution in [2.24, 2.45) is 0 Å². The first-order valence-electron chi connectivity index (χ1n) is 10.8. The van der Waals surface area contributed by atoms with E-state index in [0.29, 0.717) is 12.8 Å². The van der Waals surface area contributed by atoms with E-state index in [9.17, 15) is 14.4 Å². The molecule has 170 valence electrons. The van der Waals surface area contributed by atoms with E-state index in [2.05, 4.69) is 20.7 Å². The van der Waals surface area contributed by atoms with E-state index >= 15 is 0 Å². The fourth-order valence-electron chi connectivity index (χ4n) is 3.87. The zero-order valence-corrected chi connectivity index (χ0v) is 18.6. The van der Waals surface area contributed by atoms with Gasteiger partial charge < -0.3 is 10.6 Å². The van der Waals surface area contributed by atoms with E-state index in [1.54, 1.807) is 17.9 Å². The maximum atomic E-state index is 12.9. The van der Waals surface area contributed by atoms with E-state index < -0.39 is 17.5 Å². The molecule has 4 amide bonds. The topological polar surface area (TPSA) is 109 Å². The van der Waals surface area contributed by atoms with Gasteiger partial charge in [-0.1, -0.05) is 42.5 Å². The van der Waals surface area contributed by atoms with Crippen molar-refractivity contribution in [1.29, 1.82) is 0 Å². The van der Waals surface area contributed by atoms with Crippen molar-refractivity contribution in [1.82, 2.24) is 30.3 Å². The SMILES string of the molecule is C[C@H](NC(=O)CN1C(=O)N[C@](C)(CCc2ccccc2)C1=O)c1ccc(-n2cncn2)cc1. The van der Waals surface area contributed by atoms with Gasteiger partial charge in [-0.2, -0.15) is 5.10 Å². The molecule has 4 rings (SSSR count). The van der Waals surface area contributed by atoms with Crippen LogP contribution in [0, 0.1) is 0 Å². The molecule has 33 heavy (non-hydrogen) atoms. The summed E-state index contributed by atoms with van der Waals surface area (Å²) < 4.78 is 1.64. The predicted octanol–water partition coefficient (Wildman–Crippen LogP) is 2.39. The van der Waals surface area contributed by atoms with Gasteiger partial charge >= 0.3 is 6.03 Å². The molecule has 0 saturated carbocycles. The minimum atomic E-state index is -1.03. The normalized spacial score (nSPS) is 18.8. The number of nitrogens with zero attached hydrogens (tertiary/aromatic N) is 4. The first-order valence-corrected chi connectivity index (χ1v) is 10.8. The molecule has 2 aromatic carbocycles. The van der Waals surface area contributed by atoms with Crippen molar-refractivity contribution >= 4 is 17.8 Å². The number of imide groups is 1. The molecule has 1 aromatic heterocycles. The average Bonchev–Trinajstić information content (AvgIpc) is 3.42. The number of hydrogen-bond acceptors (Lipinski definition) is 5. The van der Waals surface area contributed by atoms with Crippen molar-refractivity contribution < 1.29 is 14.4 Å². The molecule has 9 heteroatoms. The molecule has 0 radical (unpaired) electrons. The van der Waals surface area contributed by atoms with Crippen LogP contribution < -0.4 is 10.6 Å². The van der Waals surface area contributed by atoms with Gasteiger partial charge in [0.15, 0.2) is 0 Å². The number of carbonyl (C=O) groups excluding carboxylic acids is 3. The Morgan fingerprint density at radius 1 is 1.12 bits per heavy atom. The molecule has 0 bridgehead atoms. The second-order valence-electron chi connectivity index (χ2n) is 8.36.